The molecule has 23 heavy (non-hydrogen) atoms. The standard InChI is InChI=1S/C19H28N4/c1-2-4-17-16(3-1)22-18(23-17)7-12-21-15-5-8-19(9-6-15)10-13-20-14-11-19/h1-4,15,20-21H,5-14H2,(H,22,23). The lowest BCUT2D eigenvalue weighted by atomic mass is 9.67. The van der Waals surface area contributed by atoms with E-state index in [1.54, 1.807) is 0 Å². The maximum Gasteiger partial charge on any atom is 0.108 e. The van der Waals surface area contributed by atoms with Crippen molar-refractivity contribution < 1.29 is 0 Å². The van der Waals surface area contributed by atoms with Crippen LogP contribution in [0.15, 0.2) is 24.3 Å². The molecule has 0 atom stereocenters. The highest BCUT2D eigenvalue weighted by Crippen LogP contribution is 2.43. The number of nitrogens with one attached hydrogen (secondary N) is 3. The molecule has 4 rings (SSSR count). The van der Waals surface area contributed by atoms with Crippen LogP contribution in [0.2, 0.25) is 0 Å². The van der Waals surface area contributed by atoms with E-state index in [2.05, 4.69) is 38.8 Å². The molecular weight excluding hydrogens is 284 g/mol. The van der Waals surface area contributed by atoms with E-state index in [-0.39, 0.29) is 0 Å². The maximum absolute atomic E-state index is 4.66. The molecule has 1 aromatic carbocycles. The van der Waals surface area contributed by atoms with E-state index in [0.717, 1.165) is 29.8 Å². The average Bonchev–Trinajstić information content (AvgIpc) is 3.00. The fourth-order valence-corrected chi connectivity index (χ4v) is 4.41. The van der Waals surface area contributed by atoms with Gasteiger partial charge < -0.3 is 15.6 Å². The van der Waals surface area contributed by atoms with Crippen LogP contribution in [0.3, 0.4) is 0 Å². The van der Waals surface area contributed by atoms with E-state index in [1.807, 2.05) is 6.07 Å². The smallest absolute Gasteiger partial charge is 0.108 e. The largest absolute Gasteiger partial charge is 0.342 e. The Kier molecular flexibility index (Phi) is 4.36. The molecule has 2 aromatic rings. The fraction of sp³-hybridized carbons (Fsp3) is 0.632. The minimum Gasteiger partial charge on any atom is -0.342 e. The van der Waals surface area contributed by atoms with E-state index in [1.165, 1.54) is 51.6 Å². The predicted octanol–water partition coefficient (Wildman–Crippen LogP) is 3.01. The van der Waals surface area contributed by atoms with Crippen molar-refractivity contribution in [3.05, 3.63) is 30.1 Å². The molecule has 2 fully saturated rings. The molecule has 1 aromatic heterocycles. The van der Waals surface area contributed by atoms with Crippen LogP contribution in [0.4, 0.5) is 0 Å². The number of benzene rings is 1. The summed E-state index contributed by atoms with van der Waals surface area (Å²) in [4.78, 5) is 8.08. The lowest BCUT2D eigenvalue weighted by Gasteiger charge is -2.43. The Hall–Kier alpha value is -1.39. The summed E-state index contributed by atoms with van der Waals surface area (Å²) in [5.74, 6) is 1.10. The zero-order valence-corrected chi connectivity index (χ0v) is 13.9. The van der Waals surface area contributed by atoms with E-state index >= 15 is 0 Å². The third-order valence-electron chi connectivity index (χ3n) is 5.94. The van der Waals surface area contributed by atoms with Crippen LogP contribution in [0.5, 0.6) is 0 Å². The molecule has 2 heterocycles. The van der Waals surface area contributed by atoms with Gasteiger partial charge in [0.2, 0.25) is 0 Å². The Labute approximate surface area is 138 Å². The van der Waals surface area contributed by atoms with Gasteiger partial charge in [-0.05, 0) is 69.2 Å². The molecule has 1 aliphatic heterocycles. The number of hydrogen-bond acceptors (Lipinski definition) is 3. The maximum atomic E-state index is 4.66. The van der Waals surface area contributed by atoms with Crippen molar-refractivity contribution in [1.82, 2.24) is 20.6 Å². The number of imidazole rings is 1. The van der Waals surface area contributed by atoms with Crippen LogP contribution in [-0.4, -0.2) is 35.6 Å². The molecule has 0 unspecified atom stereocenters. The normalized spacial score (nSPS) is 21.9. The van der Waals surface area contributed by atoms with E-state index in [4.69, 9.17) is 0 Å². The monoisotopic (exact) mass is 312 g/mol. The highest BCUT2D eigenvalue weighted by molar-refractivity contribution is 5.74. The van der Waals surface area contributed by atoms with Crippen LogP contribution < -0.4 is 10.6 Å². The second-order valence-electron chi connectivity index (χ2n) is 7.43. The van der Waals surface area contributed by atoms with Gasteiger partial charge in [0.25, 0.3) is 0 Å². The Bertz CT molecular complexity index is 599. The van der Waals surface area contributed by atoms with Crippen molar-refractivity contribution in [1.29, 1.82) is 0 Å². The SMILES string of the molecule is c1ccc2[nH]c(CCNC3CCC4(CCNCC4)CC3)nc2c1. The van der Waals surface area contributed by atoms with Crippen LogP contribution in [0, 0.1) is 5.41 Å². The third-order valence-corrected chi connectivity index (χ3v) is 5.94. The average molecular weight is 312 g/mol. The zero-order valence-electron chi connectivity index (χ0n) is 13.9. The van der Waals surface area contributed by atoms with Gasteiger partial charge in [-0.15, -0.1) is 0 Å². The van der Waals surface area contributed by atoms with Crippen molar-refractivity contribution in [3.63, 3.8) is 0 Å². The van der Waals surface area contributed by atoms with Crippen LogP contribution in [-0.2, 0) is 6.42 Å². The zero-order chi connectivity index (χ0) is 15.5. The van der Waals surface area contributed by atoms with Crippen LogP contribution >= 0.6 is 0 Å². The molecule has 2 aliphatic rings. The van der Waals surface area contributed by atoms with Gasteiger partial charge in [0, 0.05) is 19.0 Å². The second kappa shape index (κ2) is 6.62. The second-order valence-corrected chi connectivity index (χ2v) is 7.43. The number of fused-ring (bicyclic) bond motifs is 1. The lowest BCUT2D eigenvalue weighted by molar-refractivity contribution is 0.116. The molecule has 1 aliphatic carbocycles. The van der Waals surface area contributed by atoms with Gasteiger partial charge in [-0.2, -0.15) is 0 Å². The number of rotatable bonds is 4. The summed E-state index contributed by atoms with van der Waals surface area (Å²) in [6.45, 7) is 3.48. The summed E-state index contributed by atoms with van der Waals surface area (Å²) in [7, 11) is 0. The highest BCUT2D eigenvalue weighted by Gasteiger charge is 2.35. The van der Waals surface area contributed by atoms with Gasteiger partial charge in [-0.1, -0.05) is 12.1 Å². The van der Waals surface area contributed by atoms with Gasteiger partial charge in [0.05, 0.1) is 11.0 Å². The molecule has 4 heteroatoms. The Balaban J connectivity index is 1.24. The number of nitrogens with zero attached hydrogens (tertiary/aromatic N) is 1. The van der Waals surface area contributed by atoms with Gasteiger partial charge in [0.15, 0.2) is 0 Å². The van der Waals surface area contributed by atoms with E-state index < -0.39 is 0 Å². The predicted molar refractivity (Wildman–Crippen MR) is 94.6 cm³/mol. The summed E-state index contributed by atoms with van der Waals surface area (Å²) in [6, 6.07) is 8.98. The van der Waals surface area contributed by atoms with E-state index in [9.17, 15) is 0 Å². The van der Waals surface area contributed by atoms with Gasteiger partial charge >= 0.3 is 0 Å². The lowest BCUT2D eigenvalue weighted by Crippen LogP contribution is -2.43. The molecule has 0 bridgehead atoms. The molecular formula is C19H28N4. The van der Waals surface area contributed by atoms with Crippen molar-refractivity contribution >= 4 is 11.0 Å². The number of piperidine rings is 1. The summed E-state index contributed by atoms with van der Waals surface area (Å²) in [6.07, 6.45) is 9.28. The van der Waals surface area contributed by atoms with Crippen molar-refractivity contribution in [3.8, 4) is 0 Å². The van der Waals surface area contributed by atoms with E-state index in [0.29, 0.717) is 11.5 Å². The summed E-state index contributed by atoms with van der Waals surface area (Å²) in [5.41, 5.74) is 2.89. The third kappa shape index (κ3) is 3.43. The molecule has 3 N–H and O–H groups in total. The number of aromatic amines is 1. The quantitative estimate of drug-likeness (QED) is 0.813. The summed E-state index contributed by atoms with van der Waals surface area (Å²) >= 11 is 0. The molecule has 0 radical (unpaired) electrons. The number of aromatic nitrogens is 2. The fourth-order valence-electron chi connectivity index (χ4n) is 4.41. The van der Waals surface area contributed by atoms with Crippen LogP contribution in [0.1, 0.15) is 44.3 Å². The minimum absolute atomic E-state index is 0.669. The topological polar surface area (TPSA) is 52.7 Å². The van der Waals surface area contributed by atoms with Gasteiger partial charge in [0.1, 0.15) is 5.82 Å². The number of hydrogen-bond donors (Lipinski definition) is 3. The Morgan fingerprint density at radius 3 is 2.65 bits per heavy atom. The Morgan fingerprint density at radius 2 is 1.87 bits per heavy atom. The van der Waals surface area contributed by atoms with Gasteiger partial charge in [-0.3, -0.25) is 0 Å². The van der Waals surface area contributed by atoms with Crippen molar-refractivity contribution in [2.24, 2.45) is 5.41 Å². The molecule has 4 nitrogen and oxygen atoms in total. The van der Waals surface area contributed by atoms with Crippen molar-refractivity contribution in [2.45, 2.75) is 51.0 Å². The van der Waals surface area contributed by atoms with Crippen molar-refractivity contribution in [2.75, 3.05) is 19.6 Å². The van der Waals surface area contributed by atoms with Gasteiger partial charge in [-0.25, -0.2) is 4.98 Å². The van der Waals surface area contributed by atoms with Crippen LogP contribution in [0.25, 0.3) is 11.0 Å². The first-order chi connectivity index (χ1) is 11.3. The summed E-state index contributed by atoms with van der Waals surface area (Å²) in [5, 5.41) is 7.27. The summed E-state index contributed by atoms with van der Waals surface area (Å²) < 4.78 is 0. The molecule has 124 valence electrons. The number of H-pyrrole nitrogens is 1. The first-order valence-electron chi connectivity index (χ1n) is 9.21. The number of para-hydroxylation sites is 2. The molecule has 1 saturated carbocycles. The minimum atomic E-state index is 0.669. The first kappa shape index (κ1) is 15.2. The highest BCUT2D eigenvalue weighted by atomic mass is 15.0. The molecule has 1 saturated heterocycles. The Morgan fingerprint density at radius 1 is 1.09 bits per heavy atom. The first-order valence-corrected chi connectivity index (χ1v) is 9.21. The molecule has 1 spiro atoms. The molecule has 0 amide bonds.